The molecule has 1 heterocycles. The van der Waals surface area contributed by atoms with E-state index in [2.05, 4.69) is 48.5 Å². The van der Waals surface area contributed by atoms with Crippen molar-refractivity contribution in [3.8, 4) is 0 Å². The van der Waals surface area contributed by atoms with E-state index in [1.54, 1.807) is 6.92 Å². The van der Waals surface area contributed by atoms with Crippen molar-refractivity contribution >= 4 is 17.7 Å². The predicted octanol–water partition coefficient (Wildman–Crippen LogP) is 11.1. The summed E-state index contributed by atoms with van der Waals surface area (Å²) in [4.78, 5) is 53.5. The summed E-state index contributed by atoms with van der Waals surface area (Å²) in [5, 5.41) is 0. The minimum Gasteiger partial charge on any atom is -0.456 e. The average Bonchev–Trinajstić information content (AvgIpc) is 3.56. The first-order chi connectivity index (χ1) is 28.4. The molecule has 2 aromatic carbocycles. The molecule has 0 aliphatic heterocycles. The molecule has 7 rings (SSSR count). The van der Waals surface area contributed by atoms with E-state index < -0.39 is 23.3 Å². The van der Waals surface area contributed by atoms with Crippen LogP contribution in [0.5, 0.6) is 0 Å². The number of aryl methyl sites for hydroxylation is 1. The van der Waals surface area contributed by atoms with Crippen molar-refractivity contribution in [1.82, 2.24) is 0 Å². The second kappa shape index (κ2) is 16.9. The third kappa shape index (κ3) is 8.12. The summed E-state index contributed by atoms with van der Waals surface area (Å²) in [6, 6.07) is 20.0. The molecule has 0 spiro atoms. The van der Waals surface area contributed by atoms with Gasteiger partial charge in [0.2, 0.25) is 0 Å². The number of hydrogen-bond acceptors (Lipinski definition) is 9. The van der Waals surface area contributed by atoms with Gasteiger partial charge in [0, 0.05) is 5.92 Å². The minimum atomic E-state index is -0.829. The van der Waals surface area contributed by atoms with Gasteiger partial charge in [-0.15, -0.1) is 0 Å². The van der Waals surface area contributed by atoms with Gasteiger partial charge in [-0.2, -0.15) is 0 Å². The summed E-state index contributed by atoms with van der Waals surface area (Å²) in [6.45, 7) is 17.1. The zero-order valence-electron chi connectivity index (χ0n) is 37.1. The van der Waals surface area contributed by atoms with E-state index in [1.165, 1.54) is 5.57 Å². The normalized spacial score (nSPS) is 30.7. The molecule has 4 aliphatic rings. The summed E-state index contributed by atoms with van der Waals surface area (Å²) in [7, 11) is 0. The molecule has 0 unspecified atom stereocenters. The summed E-state index contributed by atoms with van der Waals surface area (Å²) >= 11 is 0. The first-order valence-electron chi connectivity index (χ1n) is 22.4. The summed E-state index contributed by atoms with van der Waals surface area (Å²) in [6.07, 6.45) is 11.1. The van der Waals surface area contributed by atoms with Gasteiger partial charge in [0.1, 0.15) is 6.61 Å². The van der Waals surface area contributed by atoms with E-state index in [4.69, 9.17) is 23.0 Å². The lowest BCUT2D eigenvalue weighted by Gasteiger charge is -2.65. The second-order valence-corrected chi connectivity index (χ2v) is 20.2. The molecule has 3 aromatic rings. The Hall–Kier alpha value is -4.24. The lowest BCUT2D eigenvalue weighted by atomic mass is 9.38. The number of carbonyl (C=O) groups excluding carboxylic acids is 3. The zero-order valence-corrected chi connectivity index (χ0v) is 37.1. The van der Waals surface area contributed by atoms with Gasteiger partial charge < -0.3 is 23.0 Å². The molecule has 0 amide bonds. The van der Waals surface area contributed by atoms with Gasteiger partial charge in [-0.3, -0.25) is 9.59 Å². The number of unbranched alkanes of at least 4 members (excludes halogenated alkanes) is 1. The molecule has 8 atom stereocenters. The van der Waals surface area contributed by atoms with Crippen LogP contribution >= 0.6 is 0 Å². The van der Waals surface area contributed by atoms with Crippen molar-refractivity contribution in [2.45, 2.75) is 145 Å². The van der Waals surface area contributed by atoms with Crippen molar-refractivity contribution in [1.29, 1.82) is 0 Å². The number of rotatable bonds is 14. The molecular formula is C51H66O9. The largest absolute Gasteiger partial charge is 0.519 e. The Bertz CT molecular complexity index is 2070. The van der Waals surface area contributed by atoms with E-state index in [0.29, 0.717) is 6.42 Å². The lowest BCUT2D eigenvalue weighted by molar-refractivity contribution is -0.167. The highest BCUT2D eigenvalue weighted by Crippen LogP contribution is 2.71. The maximum Gasteiger partial charge on any atom is 0.519 e. The highest BCUT2D eigenvalue weighted by Gasteiger charge is 2.65. The van der Waals surface area contributed by atoms with Gasteiger partial charge >= 0.3 is 17.8 Å². The average molecular weight is 823 g/mol. The fraction of sp³-hybridized carbons (Fsp3) is 0.608. The zero-order chi connectivity index (χ0) is 43.1. The molecule has 1 aromatic heterocycles. The van der Waals surface area contributed by atoms with Gasteiger partial charge in [0.05, 0.1) is 11.5 Å². The first-order valence-corrected chi connectivity index (χ1v) is 22.4. The number of ketones is 1. The number of hydrogen-bond donors (Lipinski definition) is 0. The smallest absolute Gasteiger partial charge is 0.456 e. The van der Waals surface area contributed by atoms with E-state index >= 15 is 0 Å². The molecule has 0 bridgehead atoms. The van der Waals surface area contributed by atoms with Crippen LogP contribution in [0.1, 0.15) is 148 Å². The van der Waals surface area contributed by atoms with Crippen molar-refractivity contribution in [3.63, 3.8) is 0 Å². The number of fused-ring (bicyclic) bond motifs is 5. The number of carbonyl (C=O) groups is 3. The van der Waals surface area contributed by atoms with Crippen LogP contribution in [-0.2, 0) is 35.2 Å². The monoisotopic (exact) mass is 822 g/mol. The Balaban J connectivity index is 1.08. The maximum atomic E-state index is 14.7. The number of ether oxygens (including phenoxy) is 3. The Morgan fingerprint density at radius 2 is 1.52 bits per heavy atom. The lowest BCUT2D eigenvalue weighted by Crippen LogP contribution is -2.60. The molecule has 3 fully saturated rings. The SMILES string of the molecule is CCCC[C@H](OCC(=O)OCc1oc(=O)oc1C)C(C)(C)[C@@H]1CC[C@]2(C)[C@@H](C1)C(=O)C=C1[C@@H]3C[C@@](C)(C(=O)OC(c4ccccc4)c4ccccc4)CC[C@]3(C)CC[C@]12C. The summed E-state index contributed by atoms with van der Waals surface area (Å²) in [5.41, 5.74) is 1.73. The van der Waals surface area contributed by atoms with Crippen molar-refractivity contribution in [3.05, 3.63) is 106 Å². The topological polar surface area (TPSA) is 122 Å². The van der Waals surface area contributed by atoms with Gasteiger partial charge in [-0.05, 0) is 122 Å². The van der Waals surface area contributed by atoms with Gasteiger partial charge in [-0.1, -0.05) is 121 Å². The summed E-state index contributed by atoms with van der Waals surface area (Å²) < 4.78 is 28.2. The Morgan fingerprint density at radius 1 is 0.867 bits per heavy atom. The number of allylic oxidation sites excluding steroid dienone is 2. The van der Waals surface area contributed by atoms with Gasteiger partial charge in [0.25, 0.3) is 0 Å². The third-order valence-corrected chi connectivity index (χ3v) is 16.4. The Labute approximate surface area is 356 Å². The molecule has 0 saturated heterocycles. The Kier molecular flexibility index (Phi) is 12.4. The fourth-order valence-electron chi connectivity index (χ4n) is 11.8. The van der Waals surface area contributed by atoms with Crippen molar-refractivity contribution in [2.24, 2.45) is 44.8 Å². The molecule has 0 radical (unpaired) electrons. The standard InChI is InChI=1S/C51H66O9/c1-9-10-21-42(56-32-43(53)57-31-41-33(2)58-46(55)59-41)47(3,4)36-22-23-50(7)38(28-36)40(52)29-37-39-30-49(6,25-24-48(39,5)26-27-51(37,50)8)45(54)60-44(34-17-13-11-14-18-34)35-19-15-12-16-20-35/h11-20,29,36,38-39,42,44H,9-10,21-28,30-32H2,1-8H3/t36-,38+,39+,42+,48-,49+,50-,51-/m1/s1. The van der Waals surface area contributed by atoms with E-state index in [9.17, 15) is 19.2 Å². The highest BCUT2D eigenvalue weighted by molar-refractivity contribution is 5.95. The van der Waals surface area contributed by atoms with Crippen LogP contribution in [0.25, 0.3) is 0 Å². The van der Waals surface area contributed by atoms with Crippen LogP contribution in [-0.4, -0.2) is 30.4 Å². The van der Waals surface area contributed by atoms with Gasteiger partial charge in [0.15, 0.2) is 30.0 Å². The quantitative estimate of drug-likeness (QED) is 0.146. The van der Waals surface area contributed by atoms with E-state index in [0.717, 1.165) is 75.3 Å². The number of benzene rings is 2. The van der Waals surface area contributed by atoms with Crippen LogP contribution in [0, 0.1) is 51.8 Å². The molecule has 4 aliphatic carbocycles. The van der Waals surface area contributed by atoms with Crippen molar-refractivity contribution < 1.29 is 37.4 Å². The first kappa shape index (κ1) is 43.8. The van der Waals surface area contributed by atoms with Crippen LogP contribution < -0.4 is 5.82 Å². The van der Waals surface area contributed by atoms with Crippen LogP contribution in [0.4, 0.5) is 0 Å². The van der Waals surface area contributed by atoms with Crippen LogP contribution in [0.3, 0.4) is 0 Å². The molecule has 60 heavy (non-hydrogen) atoms. The minimum absolute atomic E-state index is 0.00214. The molecular weight excluding hydrogens is 757 g/mol. The molecule has 0 N–H and O–H groups in total. The van der Waals surface area contributed by atoms with Crippen LogP contribution in [0.15, 0.2) is 85.9 Å². The molecule has 9 nitrogen and oxygen atoms in total. The van der Waals surface area contributed by atoms with Crippen LogP contribution in [0.2, 0.25) is 0 Å². The summed E-state index contributed by atoms with van der Waals surface area (Å²) in [5.74, 6) is -0.670. The van der Waals surface area contributed by atoms with Crippen molar-refractivity contribution in [2.75, 3.05) is 6.61 Å². The maximum absolute atomic E-state index is 14.7. The second-order valence-electron chi connectivity index (χ2n) is 20.2. The van der Waals surface area contributed by atoms with E-state index in [-0.39, 0.29) is 82.0 Å². The molecule has 3 saturated carbocycles. The van der Waals surface area contributed by atoms with Gasteiger partial charge in [-0.25, -0.2) is 9.59 Å². The number of esters is 2. The fourth-order valence-corrected chi connectivity index (χ4v) is 11.8. The van der Waals surface area contributed by atoms with E-state index in [1.807, 2.05) is 66.7 Å². The molecule has 9 heteroatoms. The third-order valence-electron chi connectivity index (χ3n) is 16.4. The highest BCUT2D eigenvalue weighted by atomic mass is 16.6. The Morgan fingerprint density at radius 3 is 2.13 bits per heavy atom. The molecule has 324 valence electrons. The predicted molar refractivity (Wildman–Crippen MR) is 229 cm³/mol.